The summed E-state index contributed by atoms with van der Waals surface area (Å²) in [5, 5.41) is 3.32. The number of hydrogen-bond donors (Lipinski definition) is 2. The van der Waals surface area contributed by atoms with Gasteiger partial charge in [0, 0.05) is 6.04 Å². The smallest absolute Gasteiger partial charge is 0.0325 e. The largest absolute Gasteiger partial charge is 0.313 e. The first-order chi connectivity index (χ1) is 7.31. The number of nitrogens with one attached hydrogen (secondary N) is 1. The van der Waals surface area contributed by atoms with Crippen LogP contribution in [0.4, 0.5) is 0 Å². The molecule has 0 bridgehead atoms. The molecule has 1 atom stereocenters. The number of rotatable bonds is 6. The summed E-state index contributed by atoms with van der Waals surface area (Å²) in [6.07, 6.45) is 3.47. The van der Waals surface area contributed by atoms with E-state index in [0.29, 0.717) is 6.04 Å². The van der Waals surface area contributed by atoms with E-state index >= 15 is 0 Å². The quantitative estimate of drug-likeness (QED) is 0.706. The predicted molar refractivity (Wildman–Crippen MR) is 70.7 cm³/mol. The first kappa shape index (κ1) is 12.6. The lowest BCUT2D eigenvalue weighted by Crippen LogP contribution is -2.16. The highest BCUT2D eigenvalue weighted by molar-refractivity contribution is 7.80. The minimum atomic E-state index is 0.443. The lowest BCUT2D eigenvalue weighted by atomic mass is 10.0. The monoisotopic (exact) mass is 223 g/mol. The molecule has 1 aromatic rings. The van der Waals surface area contributed by atoms with Crippen molar-refractivity contribution in [3.63, 3.8) is 0 Å². The van der Waals surface area contributed by atoms with Crippen LogP contribution in [0.3, 0.4) is 0 Å². The van der Waals surface area contributed by atoms with Crippen LogP contribution in [-0.2, 0) is 6.42 Å². The number of aryl methyl sites for hydroxylation is 1. The summed E-state index contributed by atoms with van der Waals surface area (Å²) in [5.41, 5.74) is 2.80. The predicted octanol–water partition coefficient (Wildman–Crippen LogP) is 3.22. The Morgan fingerprint density at radius 3 is 2.40 bits per heavy atom. The Morgan fingerprint density at radius 1 is 1.27 bits per heavy atom. The van der Waals surface area contributed by atoms with Crippen LogP contribution in [0.15, 0.2) is 24.3 Å². The molecule has 0 aliphatic rings. The van der Waals surface area contributed by atoms with Crippen molar-refractivity contribution >= 4 is 12.6 Å². The lowest BCUT2D eigenvalue weighted by Gasteiger charge is -2.15. The van der Waals surface area contributed by atoms with Crippen molar-refractivity contribution in [2.24, 2.45) is 0 Å². The molecule has 1 N–H and O–H groups in total. The number of hydrogen-bond acceptors (Lipinski definition) is 2. The Morgan fingerprint density at radius 2 is 1.93 bits per heavy atom. The average Bonchev–Trinajstić information content (AvgIpc) is 2.28. The third-order valence-electron chi connectivity index (χ3n) is 2.69. The minimum Gasteiger partial charge on any atom is -0.313 e. The third kappa shape index (κ3) is 3.88. The topological polar surface area (TPSA) is 12.0 Å². The van der Waals surface area contributed by atoms with Crippen molar-refractivity contribution in [3.05, 3.63) is 35.4 Å². The SMILES string of the molecule is CCCc1ccc(C(CCS)NC)cc1. The Labute approximate surface area is 98.7 Å². The molecule has 0 radical (unpaired) electrons. The molecular weight excluding hydrogens is 202 g/mol. The molecule has 0 heterocycles. The van der Waals surface area contributed by atoms with Crippen molar-refractivity contribution in [1.82, 2.24) is 5.32 Å². The standard InChI is InChI=1S/C13H21NS/c1-3-4-11-5-7-12(8-6-11)13(14-2)9-10-15/h5-8,13-15H,3-4,9-10H2,1-2H3. The highest BCUT2D eigenvalue weighted by atomic mass is 32.1. The summed E-state index contributed by atoms with van der Waals surface area (Å²) in [7, 11) is 2.01. The molecule has 0 aromatic heterocycles. The molecular formula is C13H21NS. The molecule has 1 aromatic carbocycles. The van der Waals surface area contributed by atoms with Crippen LogP contribution in [0.25, 0.3) is 0 Å². The molecule has 0 saturated carbocycles. The maximum atomic E-state index is 4.28. The second-order valence-corrected chi connectivity index (χ2v) is 4.29. The fraction of sp³-hybridized carbons (Fsp3) is 0.538. The fourth-order valence-corrected chi connectivity index (χ4v) is 2.07. The summed E-state index contributed by atoms with van der Waals surface area (Å²) < 4.78 is 0. The van der Waals surface area contributed by atoms with Crippen LogP contribution in [0.2, 0.25) is 0 Å². The summed E-state index contributed by atoms with van der Waals surface area (Å²) in [4.78, 5) is 0. The van der Waals surface area contributed by atoms with Crippen LogP contribution >= 0.6 is 12.6 Å². The highest BCUT2D eigenvalue weighted by Gasteiger charge is 2.07. The zero-order valence-electron chi connectivity index (χ0n) is 9.66. The van der Waals surface area contributed by atoms with E-state index in [1.807, 2.05) is 7.05 Å². The van der Waals surface area contributed by atoms with E-state index in [2.05, 4.69) is 49.1 Å². The van der Waals surface area contributed by atoms with Gasteiger partial charge in [0.25, 0.3) is 0 Å². The maximum absolute atomic E-state index is 4.28. The number of benzene rings is 1. The molecule has 1 unspecified atom stereocenters. The van der Waals surface area contributed by atoms with Gasteiger partial charge >= 0.3 is 0 Å². The zero-order valence-corrected chi connectivity index (χ0v) is 10.6. The molecule has 0 amide bonds. The van der Waals surface area contributed by atoms with Gasteiger partial charge in [-0.1, -0.05) is 37.6 Å². The van der Waals surface area contributed by atoms with Gasteiger partial charge in [-0.25, -0.2) is 0 Å². The Kier molecular flexibility index (Phi) is 5.81. The molecule has 1 nitrogen and oxygen atoms in total. The maximum Gasteiger partial charge on any atom is 0.0325 e. The average molecular weight is 223 g/mol. The van der Waals surface area contributed by atoms with E-state index in [-0.39, 0.29) is 0 Å². The molecule has 0 fully saturated rings. The minimum absolute atomic E-state index is 0.443. The van der Waals surface area contributed by atoms with Crippen molar-refractivity contribution in [2.45, 2.75) is 32.2 Å². The Hall–Kier alpha value is -0.470. The fourth-order valence-electron chi connectivity index (χ4n) is 1.81. The summed E-state index contributed by atoms with van der Waals surface area (Å²) in [6.45, 7) is 2.21. The van der Waals surface area contributed by atoms with Gasteiger partial charge in [0.2, 0.25) is 0 Å². The zero-order chi connectivity index (χ0) is 11.1. The van der Waals surface area contributed by atoms with Crippen molar-refractivity contribution in [3.8, 4) is 0 Å². The second kappa shape index (κ2) is 6.91. The first-order valence-corrected chi connectivity index (χ1v) is 6.32. The summed E-state index contributed by atoms with van der Waals surface area (Å²) in [5.74, 6) is 0.919. The van der Waals surface area contributed by atoms with Crippen molar-refractivity contribution in [1.29, 1.82) is 0 Å². The third-order valence-corrected chi connectivity index (χ3v) is 2.95. The first-order valence-electron chi connectivity index (χ1n) is 5.68. The van der Waals surface area contributed by atoms with Crippen LogP contribution < -0.4 is 5.32 Å². The van der Waals surface area contributed by atoms with E-state index in [9.17, 15) is 0 Å². The highest BCUT2D eigenvalue weighted by Crippen LogP contribution is 2.17. The van der Waals surface area contributed by atoms with E-state index in [1.165, 1.54) is 24.0 Å². The van der Waals surface area contributed by atoms with Crippen LogP contribution in [0, 0.1) is 0 Å². The van der Waals surface area contributed by atoms with Crippen LogP contribution in [0.5, 0.6) is 0 Å². The molecule has 0 saturated heterocycles. The van der Waals surface area contributed by atoms with Gasteiger partial charge in [0.05, 0.1) is 0 Å². The van der Waals surface area contributed by atoms with Crippen LogP contribution in [0.1, 0.15) is 36.9 Å². The molecule has 0 spiro atoms. The van der Waals surface area contributed by atoms with E-state index in [1.54, 1.807) is 0 Å². The van der Waals surface area contributed by atoms with E-state index < -0.39 is 0 Å². The Bertz CT molecular complexity index is 268. The van der Waals surface area contributed by atoms with E-state index in [0.717, 1.165) is 12.2 Å². The summed E-state index contributed by atoms with van der Waals surface area (Å²) in [6, 6.07) is 9.38. The van der Waals surface area contributed by atoms with Gasteiger partial charge < -0.3 is 5.32 Å². The molecule has 0 aliphatic carbocycles. The molecule has 15 heavy (non-hydrogen) atoms. The molecule has 1 rings (SSSR count). The van der Waals surface area contributed by atoms with Crippen LogP contribution in [-0.4, -0.2) is 12.8 Å². The van der Waals surface area contributed by atoms with Crippen molar-refractivity contribution in [2.75, 3.05) is 12.8 Å². The normalized spacial score (nSPS) is 12.7. The molecule has 84 valence electrons. The summed E-state index contributed by atoms with van der Waals surface area (Å²) >= 11 is 4.28. The number of thiol groups is 1. The second-order valence-electron chi connectivity index (χ2n) is 3.85. The van der Waals surface area contributed by atoms with Gasteiger partial charge in [0.1, 0.15) is 0 Å². The van der Waals surface area contributed by atoms with Crippen molar-refractivity contribution < 1.29 is 0 Å². The van der Waals surface area contributed by atoms with Gasteiger partial charge in [0.15, 0.2) is 0 Å². The molecule has 2 heteroatoms. The van der Waals surface area contributed by atoms with Gasteiger partial charge in [-0.2, -0.15) is 12.6 Å². The Balaban J connectivity index is 2.68. The lowest BCUT2D eigenvalue weighted by molar-refractivity contribution is 0.581. The van der Waals surface area contributed by atoms with Gasteiger partial charge in [-0.05, 0) is 36.8 Å². The van der Waals surface area contributed by atoms with Gasteiger partial charge in [-0.15, -0.1) is 0 Å². The molecule has 0 aliphatic heterocycles. The van der Waals surface area contributed by atoms with Gasteiger partial charge in [-0.3, -0.25) is 0 Å². The van der Waals surface area contributed by atoms with E-state index in [4.69, 9.17) is 0 Å².